The molecule has 2 nitrogen and oxygen atoms in total. The lowest BCUT2D eigenvalue weighted by Gasteiger charge is -2.29. The average Bonchev–Trinajstić information content (AvgIpc) is 1.93. The minimum Gasteiger partial charge on any atom is -0.310 e. The van der Waals surface area contributed by atoms with Gasteiger partial charge in [-0.1, -0.05) is 0 Å². The van der Waals surface area contributed by atoms with E-state index in [4.69, 9.17) is 0 Å². The molecule has 1 heterocycles. The van der Waals surface area contributed by atoms with Crippen LogP contribution in [0.4, 0.5) is 0 Å². The molecule has 1 rings (SSSR count). The van der Waals surface area contributed by atoms with Crippen LogP contribution in [0.1, 0.15) is 27.2 Å². The van der Waals surface area contributed by atoms with E-state index in [2.05, 4.69) is 38.0 Å². The molecule has 0 bridgehead atoms. The Morgan fingerprint density at radius 2 is 2.09 bits per heavy atom. The highest BCUT2D eigenvalue weighted by molar-refractivity contribution is 4.86. The summed E-state index contributed by atoms with van der Waals surface area (Å²) in [5.41, 5.74) is 0.291. The van der Waals surface area contributed by atoms with Crippen molar-refractivity contribution in [1.82, 2.24) is 10.2 Å². The number of nitrogens with zero attached hydrogens (tertiary/aromatic N) is 1. The number of hydrogen-bond donors (Lipinski definition) is 1. The molecular weight excluding hydrogens is 136 g/mol. The third-order valence-electron chi connectivity index (χ3n) is 2.56. The zero-order chi connectivity index (χ0) is 8.48. The van der Waals surface area contributed by atoms with Crippen molar-refractivity contribution in [3.8, 4) is 0 Å². The minimum atomic E-state index is 0.291. The summed E-state index contributed by atoms with van der Waals surface area (Å²) in [6, 6.07) is 0.726. The second-order valence-corrected chi connectivity index (χ2v) is 4.36. The van der Waals surface area contributed by atoms with Crippen LogP contribution in [0, 0.1) is 0 Å². The van der Waals surface area contributed by atoms with Crippen LogP contribution < -0.4 is 5.32 Å². The first kappa shape index (κ1) is 9.01. The van der Waals surface area contributed by atoms with E-state index in [1.54, 1.807) is 0 Å². The Bertz CT molecular complexity index is 132. The third-order valence-corrected chi connectivity index (χ3v) is 2.56. The molecule has 0 radical (unpaired) electrons. The normalized spacial score (nSPS) is 33.3. The summed E-state index contributed by atoms with van der Waals surface area (Å²) >= 11 is 0. The lowest BCUT2D eigenvalue weighted by atomic mass is 10.1. The van der Waals surface area contributed by atoms with E-state index in [0.717, 1.165) is 19.1 Å². The van der Waals surface area contributed by atoms with Gasteiger partial charge in [0.1, 0.15) is 0 Å². The van der Waals surface area contributed by atoms with Gasteiger partial charge in [-0.15, -0.1) is 0 Å². The minimum absolute atomic E-state index is 0.291. The molecular formula is C9H20N2. The Morgan fingerprint density at radius 3 is 2.73 bits per heavy atom. The quantitative estimate of drug-likeness (QED) is 0.564. The van der Waals surface area contributed by atoms with Crippen molar-refractivity contribution in [3.05, 3.63) is 0 Å². The average molecular weight is 156 g/mol. The third kappa shape index (κ3) is 2.46. The van der Waals surface area contributed by atoms with E-state index in [0.29, 0.717) is 5.54 Å². The topological polar surface area (TPSA) is 15.3 Å². The Kier molecular flexibility index (Phi) is 2.55. The van der Waals surface area contributed by atoms with Crippen molar-refractivity contribution in [2.45, 2.75) is 38.8 Å². The molecule has 0 aromatic rings. The van der Waals surface area contributed by atoms with E-state index >= 15 is 0 Å². The molecule has 0 aromatic carbocycles. The van der Waals surface area contributed by atoms with Crippen molar-refractivity contribution in [3.63, 3.8) is 0 Å². The van der Waals surface area contributed by atoms with Gasteiger partial charge in [-0.2, -0.15) is 0 Å². The maximum atomic E-state index is 3.54. The molecule has 1 aliphatic rings. The first-order chi connectivity index (χ1) is 5.01. The summed E-state index contributed by atoms with van der Waals surface area (Å²) in [6.45, 7) is 9.12. The highest BCUT2D eigenvalue weighted by atomic mass is 15.2. The fourth-order valence-corrected chi connectivity index (χ4v) is 1.68. The van der Waals surface area contributed by atoms with Crippen LogP contribution in [0.25, 0.3) is 0 Å². The molecule has 0 saturated carbocycles. The molecule has 11 heavy (non-hydrogen) atoms. The van der Waals surface area contributed by atoms with Gasteiger partial charge >= 0.3 is 0 Å². The lowest BCUT2D eigenvalue weighted by Crippen LogP contribution is -2.46. The second kappa shape index (κ2) is 3.11. The fraction of sp³-hybridized carbons (Fsp3) is 1.00. The largest absolute Gasteiger partial charge is 0.310 e. The summed E-state index contributed by atoms with van der Waals surface area (Å²) in [7, 11) is 2.21. The fourth-order valence-electron chi connectivity index (χ4n) is 1.68. The zero-order valence-corrected chi connectivity index (χ0v) is 8.15. The molecule has 1 atom stereocenters. The van der Waals surface area contributed by atoms with Gasteiger partial charge in [-0.25, -0.2) is 0 Å². The molecule has 1 N–H and O–H groups in total. The van der Waals surface area contributed by atoms with Crippen molar-refractivity contribution in [2.24, 2.45) is 0 Å². The smallest absolute Gasteiger partial charge is 0.0252 e. The van der Waals surface area contributed by atoms with Gasteiger partial charge in [0, 0.05) is 18.1 Å². The first-order valence-corrected chi connectivity index (χ1v) is 4.46. The van der Waals surface area contributed by atoms with Crippen LogP contribution in [0.2, 0.25) is 0 Å². The van der Waals surface area contributed by atoms with E-state index in [1.807, 2.05) is 0 Å². The van der Waals surface area contributed by atoms with Gasteiger partial charge in [0.15, 0.2) is 0 Å². The maximum absolute atomic E-state index is 3.54. The Morgan fingerprint density at radius 1 is 1.45 bits per heavy atom. The highest BCUT2D eigenvalue weighted by Gasteiger charge is 2.24. The summed E-state index contributed by atoms with van der Waals surface area (Å²) in [5, 5.41) is 3.54. The molecule has 0 spiro atoms. The SMILES string of the molecule is CC1CCNC(C)(C)CN1C. The highest BCUT2D eigenvalue weighted by Crippen LogP contribution is 2.12. The van der Waals surface area contributed by atoms with E-state index < -0.39 is 0 Å². The van der Waals surface area contributed by atoms with Crippen molar-refractivity contribution in [2.75, 3.05) is 20.1 Å². The maximum Gasteiger partial charge on any atom is 0.0252 e. The molecule has 0 amide bonds. The Labute approximate surface area is 70.0 Å². The molecule has 1 aliphatic heterocycles. The predicted molar refractivity (Wildman–Crippen MR) is 48.8 cm³/mol. The van der Waals surface area contributed by atoms with E-state index in [1.165, 1.54) is 6.42 Å². The van der Waals surface area contributed by atoms with Crippen molar-refractivity contribution >= 4 is 0 Å². The summed E-state index contributed by atoms with van der Waals surface area (Å²) < 4.78 is 0. The van der Waals surface area contributed by atoms with Gasteiger partial charge in [0.05, 0.1) is 0 Å². The molecule has 0 aromatic heterocycles. The number of likely N-dealkylation sites (N-methyl/N-ethyl adjacent to an activating group) is 1. The van der Waals surface area contributed by atoms with Gasteiger partial charge < -0.3 is 10.2 Å². The van der Waals surface area contributed by atoms with Crippen molar-refractivity contribution < 1.29 is 0 Å². The number of nitrogens with one attached hydrogen (secondary N) is 1. The molecule has 66 valence electrons. The van der Waals surface area contributed by atoms with E-state index in [-0.39, 0.29) is 0 Å². The van der Waals surface area contributed by atoms with Crippen molar-refractivity contribution in [1.29, 1.82) is 0 Å². The zero-order valence-electron chi connectivity index (χ0n) is 8.15. The monoisotopic (exact) mass is 156 g/mol. The van der Waals surface area contributed by atoms with Crippen LogP contribution in [0.15, 0.2) is 0 Å². The van der Waals surface area contributed by atoms with Crippen LogP contribution in [0.3, 0.4) is 0 Å². The second-order valence-electron chi connectivity index (χ2n) is 4.36. The summed E-state index contributed by atoms with van der Waals surface area (Å²) in [4.78, 5) is 2.43. The molecule has 2 heteroatoms. The lowest BCUT2D eigenvalue weighted by molar-refractivity contribution is 0.223. The number of hydrogen-bond acceptors (Lipinski definition) is 2. The van der Waals surface area contributed by atoms with Gasteiger partial charge in [0.25, 0.3) is 0 Å². The van der Waals surface area contributed by atoms with Crippen LogP contribution in [0.5, 0.6) is 0 Å². The predicted octanol–water partition coefficient (Wildman–Crippen LogP) is 1.08. The molecule has 1 fully saturated rings. The van der Waals surface area contributed by atoms with E-state index in [9.17, 15) is 0 Å². The molecule has 1 saturated heterocycles. The van der Waals surface area contributed by atoms with Crippen LogP contribution >= 0.6 is 0 Å². The van der Waals surface area contributed by atoms with Gasteiger partial charge in [-0.05, 0) is 40.8 Å². The summed E-state index contributed by atoms with van der Waals surface area (Å²) in [5.74, 6) is 0. The Balaban J connectivity index is 2.55. The standard InChI is InChI=1S/C9H20N2/c1-8-5-6-10-9(2,3)7-11(8)4/h8,10H,5-7H2,1-4H3. The Hall–Kier alpha value is -0.0800. The summed E-state index contributed by atoms with van der Waals surface area (Å²) in [6.07, 6.45) is 1.26. The molecule has 0 aliphatic carbocycles. The van der Waals surface area contributed by atoms with Crippen LogP contribution in [-0.4, -0.2) is 36.6 Å². The van der Waals surface area contributed by atoms with Crippen LogP contribution in [-0.2, 0) is 0 Å². The van der Waals surface area contributed by atoms with Gasteiger partial charge in [-0.3, -0.25) is 0 Å². The van der Waals surface area contributed by atoms with Gasteiger partial charge in [0.2, 0.25) is 0 Å². The number of rotatable bonds is 0. The molecule has 1 unspecified atom stereocenters. The first-order valence-electron chi connectivity index (χ1n) is 4.46.